The zero-order valence-corrected chi connectivity index (χ0v) is 8.60. The van der Waals surface area contributed by atoms with Crippen LogP contribution in [0.1, 0.15) is 34.6 Å². The molecule has 0 rings (SSSR count). The Labute approximate surface area is 74.6 Å². The summed E-state index contributed by atoms with van der Waals surface area (Å²) < 4.78 is 5.15. The van der Waals surface area contributed by atoms with Gasteiger partial charge < -0.3 is 4.74 Å². The number of ketones is 1. The molecular formula is C10H18O2. The van der Waals surface area contributed by atoms with Crippen molar-refractivity contribution in [3.8, 4) is 0 Å². The summed E-state index contributed by atoms with van der Waals surface area (Å²) in [5, 5.41) is 0. The Hall–Kier alpha value is -0.790. The molecule has 0 aromatic heterocycles. The molecule has 0 fully saturated rings. The molecule has 0 aliphatic carbocycles. The van der Waals surface area contributed by atoms with E-state index in [1.165, 1.54) is 0 Å². The van der Waals surface area contributed by atoms with Gasteiger partial charge in [0.2, 0.25) is 0 Å². The van der Waals surface area contributed by atoms with Crippen LogP contribution in [0.2, 0.25) is 0 Å². The predicted octanol–water partition coefficient (Wildman–Crippen LogP) is 2.54. The van der Waals surface area contributed by atoms with E-state index in [-0.39, 0.29) is 11.2 Å². The van der Waals surface area contributed by atoms with Crippen molar-refractivity contribution >= 4 is 5.78 Å². The lowest BCUT2D eigenvalue weighted by atomic mass is 9.90. The molecule has 70 valence electrons. The number of carbonyl (C=O) groups is 1. The maximum atomic E-state index is 11.4. The summed E-state index contributed by atoms with van der Waals surface area (Å²) >= 11 is 0. The van der Waals surface area contributed by atoms with Gasteiger partial charge in [0.25, 0.3) is 0 Å². The molecule has 0 heterocycles. The van der Waals surface area contributed by atoms with Gasteiger partial charge in [-0.15, -0.1) is 0 Å². The van der Waals surface area contributed by atoms with Crippen molar-refractivity contribution in [2.24, 2.45) is 5.41 Å². The molecule has 12 heavy (non-hydrogen) atoms. The first kappa shape index (κ1) is 11.2. The van der Waals surface area contributed by atoms with E-state index < -0.39 is 0 Å². The average Bonchev–Trinajstić information content (AvgIpc) is 1.85. The second-order valence-corrected chi connectivity index (χ2v) is 3.80. The standard InChI is InChI=1S/C10H18O2/c1-6-12-8(2)7-9(11)10(3,4)5/h7H,6H2,1-5H3/b8-7+. The average molecular weight is 170 g/mol. The quantitative estimate of drug-likeness (QED) is 0.480. The monoisotopic (exact) mass is 170 g/mol. The highest BCUT2D eigenvalue weighted by Crippen LogP contribution is 2.16. The van der Waals surface area contributed by atoms with Crippen molar-refractivity contribution in [3.63, 3.8) is 0 Å². The highest BCUT2D eigenvalue weighted by atomic mass is 16.5. The lowest BCUT2D eigenvalue weighted by Gasteiger charge is -2.14. The van der Waals surface area contributed by atoms with Crippen LogP contribution < -0.4 is 0 Å². The van der Waals surface area contributed by atoms with Crippen LogP contribution in [0, 0.1) is 5.41 Å². The van der Waals surface area contributed by atoms with E-state index in [0.29, 0.717) is 12.4 Å². The summed E-state index contributed by atoms with van der Waals surface area (Å²) in [6, 6.07) is 0. The topological polar surface area (TPSA) is 26.3 Å². The minimum Gasteiger partial charge on any atom is -0.498 e. The van der Waals surface area contributed by atoms with Gasteiger partial charge in [0, 0.05) is 11.5 Å². The Bertz CT molecular complexity index is 185. The molecule has 0 radical (unpaired) electrons. The van der Waals surface area contributed by atoms with E-state index in [1.54, 1.807) is 13.0 Å². The van der Waals surface area contributed by atoms with Crippen molar-refractivity contribution in [1.29, 1.82) is 0 Å². The van der Waals surface area contributed by atoms with Crippen LogP contribution in [0.5, 0.6) is 0 Å². The van der Waals surface area contributed by atoms with Crippen molar-refractivity contribution in [1.82, 2.24) is 0 Å². The molecule has 0 spiro atoms. The van der Waals surface area contributed by atoms with Crippen LogP contribution in [-0.2, 0) is 9.53 Å². The molecule has 0 unspecified atom stereocenters. The molecule has 0 saturated heterocycles. The summed E-state index contributed by atoms with van der Waals surface area (Å²) in [7, 11) is 0. The Morgan fingerprint density at radius 2 is 1.92 bits per heavy atom. The van der Waals surface area contributed by atoms with Crippen LogP contribution >= 0.6 is 0 Å². The minimum atomic E-state index is -0.307. The minimum absolute atomic E-state index is 0.105. The first-order chi connectivity index (χ1) is 5.38. The summed E-state index contributed by atoms with van der Waals surface area (Å²) in [4.78, 5) is 11.4. The van der Waals surface area contributed by atoms with E-state index in [1.807, 2.05) is 27.7 Å². The third kappa shape index (κ3) is 4.16. The molecule has 2 nitrogen and oxygen atoms in total. The number of hydrogen-bond donors (Lipinski definition) is 0. The second-order valence-electron chi connectivity index (χ2n) is 3.80. The second kappa shape index (κ2) is 4.29. The molecule has 0 aromatic carbocycles. The van der Waals surface area contributed by atoms with Gasteiger partial charge in [0.15, 0.2) is 5.78 Å². The first-order valence-corrected chi connectivity index (χ1v) is 4.23. The molecule has 0 bridgehead atoms. The number of carbonyl (C=O) groups excluding carboxylic acids is 1. The van der Waals surface area contributed by atoms with Gasteiger partial charge in [-0.05, 0) is 13.8 Å². The van der Waals surface area contributed by atoms with Gasteiger partial charge >= 0.3 is 0 Å². The lowest BCUT2D eigenvalue weighted by molar-refractivity contribution is -0.121. The third-order valence-electron chi connectivity index (χ3n) is 1.45. The van der Waals surface area contributed by atoms with Gasteiger partial charge in [-0.25, -0.2) is 0 Å². The molecule has 0 atom stereocenters. The van der Waals surface area contributed by atoms with Gasteiger partial charge in [-0.1, -0.05) is 20.8 Å². The highest BCUT2D eigenvalue weighted by Gasteiger charge is 2.18. The third-order valence-corrected chi connectivity index (χ3v) is 1.45. The molecule has 0 aromatic rings. The maximum absolute atomic E-state index is 11.4. The fraction of sp³-hybridized carbons (Fsp3) is 0.700. The molecule has 0 amide bonds. The fourth-order valence-corrected chi connectivity index (χ4v) is 0.670. The summed E-state index contributed by atoms with van der Waals surface area (Å²) in [5.74, 6) is 0.797. The van der Waals surface area contributed by atoms with Crippen LogP contribution in [0.3, 0.4) is 0 Å². The van der Waals surface area contributed by atoms with E-state index in [9.17, 15) is 4.79 Å². The van der Waals surface area contributed by atoms with Crippen LogP contribution in [-0.4, -0.2) is 12.4 Å². The van der Waals surface area contributed by atoms with Gasteiger partial charge in [0.1, 0.15) is 0 Å². The van der Waals surface area contributed by atoms with E-state index in [2.05, 4.69) is 0 Å². The number of rotatable bonds is 3. The Morgan fingerprint density at radius 1 is 1.42 bits per heavy atom. The van der Waals surface area contributed by atoms with Crippen molar-refractivity contribution in [2.45, 2.75) is 34.6 Å². The number of hydrogen-bond acceptors (Lipinski definition) is 2. The normalized spacial score (nSPS) is 12.9. The molecule has 0 aliphatic rings. The predicted molar refractivity (Wildman–Crippen MR) is 49.8 cm³/mol. The fourth-order valence-electron chi connectivity index (χ4n) is 0.670. The maximum Gasteiger partial charge on any atom is 0.164 e. The Morgan fingerprint density at radius 3 is 2.25 bits per heavy atom. The van der Waals surface area contributed by atoms with E-state index >= 15 is 0 Å². The summed E-state index contributed by atoms with van der Waals surface area (Å²) in [6.45, 7) is 9.99. The summed E-state index contributed by atoms with van der Waals surface area (Å²) in [5.41, 5.74) is -0.307. The smallest absolute Gasteiger partial charge is 0.164 e. The highest BCUT2D eigenvalue weighted by molar-refractivity contribution is 5.94. The van der Waals surface area contributed by atoms with Crippen LogP contribution in [0.15, 0.2) is 11.8 Å². The van der Waals surface area contributed by atoms with Crippen molar-refractivity contribution in [3.05, 3.63) is 11.8 Å². The SMILES string of the molecule is CCO/C(C)=C/C(=O)C(C)(C)C. The van der Waals surface area contributed by atoms with E-state index in [0.717, 1.165) is 0 Å². The van der Waals surface area contributed by atoms with Crippen LogP contribution in [0.25, 0.3) is 0 Å². The molecule has 2 heteroatoms. The largest absolute Gasteiger partial charge is 0.498 e. The molecule has 0 aliphatic heterocycles. The zero-order chi connectivity index (χ0) is 9.78. The Balaban J connectivity index is 4.24. The van der Waals surface area contributed by atoms with Gasteiger partial charge in [0.05, 0.1) is 12.4 Å². The number of ether oxygens (including phenoxy) is 1. The molecule has 0 saturated carbocycles. The first-order valence-electron chi connectivity index (χ1n) is 4.23. The van der Waals surface area contributed by atoms with Crippen molar-refractivity contribution < 1.29 is 9.53 Å². The van der Waals surface area contributed by atoms with E-state index in [4.69, 9.17) is 4.74 Å². The van der Waals surface area contributed by atoms with Gasteiger partial charge in [-0.3, -0.25) is 4.79 Å². The lowest BCUT2D eigenvalue weighted by Crippen LogP contribution is -2.18. The van der Waals surface area contributed by atoms with Crippen LogP contribution in [0.4, 0.5) is 0 Å². The van der Waals surface area contributed by atoms with Crippen molar-refractivity contribution in [2.75, 3.05) is 6.61 Å². The zero-order valence-electron chi connectivity index (χ0n) is 8.60. The molecule has 0 N–H and O–H groups in total. The summed E-state index contributed by atoms with van der Waals surface area (Å²) in [6.07, 6.45) is 1.56. The number of allylic oxidation sites excluding steroid dienone is 2. The Kier molecular flexibility index (Phi) is 4.01. The van der Waals surface area contributed by atoms with Gasteiger partial charge in [-0.2, -0.15) is 0 Å². The molecular weight excluding hydrogens is 152 g/mol.